The molecule has 1 aliphatic heterocycles. The third-order valence-electron chi connectivity index (χ3n) is 3.25. The Hall–Kier alpha value is -1.06. The fourth-order valence-corrected chi connectivity index (χ4v) is 2.20. The van der Waals surface area contributed by atoms with Crippen LogP contribution < -0.4 is 10.1 Å². The molecule has 1 fully saturated rings. The third-order valence-corrected chi connectivity index (χ3v) is 3.25. The van der Waals surface area contributed by atoms with Crippen LogP contribution in [0.3, 0.4) is 0 Å². The normalized spacial score (nSPS) is 20.9. The maximum absolute atomic E-state index is 5.91. The second kappa shape index (κ2) is 6.76. The van der Waals surface area contributed by atoms with Gasteiger partial charge in [0.2, 0.25) is 0 Å². The Morgan fingerprint density at radius 3 is 3.00 bits per heavy atom. The molecule has 0 aromatic heterocycles. The molecule has 18 heavy (non-hydrogen) atoms. The summed E-state index contributed by atoms with van der Waals surface area (Å²) < 4.78 is 11.5. The van der Waals surface area contributed by atoms with Crippen molar-refractivity contribution >= 4 is 0 Å². The number of hydrogen-bond acceptors (Lipinski definition) is 3. The van der Waals surface area contributed by atoms with E-state index >= 15 is 0 Å². The molecule has 100 valence electrons. The Labute approximate surface area is 109 Å². The smallest absolute Gasteiger partial charge is 0.122 e. The van der Waals surface area contributed by atoms with E-state index < -0.39 is 0 Å². The largest absolute Gasteiger partial charge is 0.489 e. The first-order chi connectivity index (χ1) is 8.75. The fraction of sp³-hybridized carbons (Fsp3) is 0.600. The van der Waals surface area contributed by atoms with Gasteiger partial charge < -0.3 is 14.8 Å². The van der Waals surface area contributed by atoms with E-state index in [1.807, 2.05) is 18.2 Å². The Morgan fingerprint density at radius 2 is 2.28 bits per heavy atom. The van der Waals surface area contributed by atoms with Gasteiger partial charge in [-0.05, 0) is 38.3 Å². The minimum atomic E-state index is 0.174. The Morgan fingerprint density at radius 1 is 1.44 bits per heavy atom. The van der Waals surface area contributed by atoms with Crippen LogP contribution in [0.4, 0.5) is 0 Å². The number of aryl methyl sites for hydroxylation is 1. The third kappa shape index (κ3) is 4.00. The molecule has 0 amide bonds. The van der Waals surface area contributed by atoms with E-state index in [9.17, 15) is 0 Å². The number of para-hydroxylation sites is 1. The number of rotatable bonds is 6. The maximum Gasteiger partial charge on any atom is 0.122 e. The molecule has 2 rings (SSSR count). The van der Waals surface area contributed by atoms with Crippen molar-refractivity contribution in [1.29, 1.82) is 0 Å². The summed E-state index contributed by atoms with van der Waals surface area (Å²) in [4.78, 5) is 0. The molecule has 0 aliphatic carbocycles. The van der Waals surface area contributed by atoms with Crippen molar-refractivity contribution in [2.45, 2.75) is 38.9 Å². The van der Waals surface area contributed by atoms with Crippen LogP contribution >= 0.6 is 0 Å². The van der Waals surface area contributed by atoms with Gasteiger partial charge in [0.25, 0.3) is 0 Å². The Bertz CT molecular complexity index is 361. The topological polar surface area (TPSA) is 30.5 Å². The van der Waals surface area contributed by atoms with Crippen LogP contribution in [0.25, 0.3) is 0 Å². The van der Waals surface area contributed by atoms with E-state index in [-0.39, 0.29) is 6.10 Å². The minimum absolute atomic E-state index is 0.174. The standard InChI is InChI=1S/C15H23NO2/c1-12-6-3-4-8-15(12)18-13(2)10-16-11-14-7-5-9-17-14/h3-4,6,8,13-14,16H,5,7,9-11H2,1-2H3/t13-,14+/m1/s1. The predicted octanol–water partition coefficient (Wildman–Crippen LogP) is 2.53. The van der Waals surface area contributed by atoms with E-state index in [4.69, 9.17) is 9.47 Å². The number of hydrogen-bond donors (Lipinski definition) is 1. The zero-order valence-electron chi connectivity index (χ0n) is 11.3. The molecule has 1 aromatic rings. The predicted molar refractivity (Wildman–Crippen MR) is 73.1 cm³/mol. The number of ether oxygens (including phenoxy) is 2. The van der Waals surface area contributed by atoms with Crippen LogP contribution in [-0.4, -0.2) is 31.9 Å². The molecule has 1 N–H and O–H groups in total. The van der Waals surface area contributed by atoms with Gasteiger partial charge in [0.05, 0.1) is 6.10 Å². The van der Waals surface area contributed by atoms with Crippen molar-refractivity contribution < 1.29 is 9.47 Å². The van der Waals surface area contributed by atoms with Gasteiger partial charge in [0.15, 0.2) is 0 Å². The highest BCUT2D eigenvalue weighted by atomic mass is 16.5. The van der Waals surface area contributed by atoms with E-state index in [1.165, 1.54) is 18.4 Å². The summed E-state index contributed by atoms with van der Waals surface area (Å²) in [5, 5.41) is 3.42. The Kier molecular flexibility index (Phi) is 5.02. The van der Waals surface area contributed by atoms with Crippen LogP contribution in [0.1, 0.15) is 25.3 Å². The monoisotopic (exact) mass is 249 g/mol. The minimum Gasteiger partial charge on any atom is -0.489 e. The average molecular weight is 249 g/mol. The van der Waals surface area contributed by atoms with Gasteiger partial charge in [-0.15, -0.1) is 0 Å². The molecule has 1 heterocycles. The van der Waals surface area contributed by atoms with Crippen LogP contribution in [0.5, 0.6) is 5.75 Å². The lowest BCUT2D eigenvalue weighted by Gasteiger charge is -2.18. The number of nitrogens with one attached hydrogen (secondary N) is 1. The highest BCUT2D eigenvalue weighted by Crippen LogP contribution is 2.17. The van der Waals surface area contributed by atoms with E-state index in [1.54, 1.807) is 0 Å². The van der Waals surface area contributed by atoms with Crippen LogP contribution in [0, 0.1) is 6.92 Å². The zero-order valence-corrected chi connectivity index (χ0v) is 11.3. The number of benzene rings is 1. The van der Waals surface area contributed by atoms with Crippen LogP contribution in [0.2, 0.25) is 0 Å². The summed E-state index contributed by atoms with van der Waals surface area (Å²) in [5.74, 6) is 0.976. The van der Waals surface area contributed by atoms with E-state index in [0.29, 0.717) is 6.10 Å². The first-order valence-electron chi connectivity index (χ1n) is 6.80. The van der Waals surface area contributed by atoms with Gasteiger partial charge in [-0.1, -0.05) is 18.2 Å². The average Bonchev–Trinajstić information content (AvgIpc) is 2.85. The summed E-state index contributed by atoms with van der Waals surface area (Å²) in [6.07, 6.45) is 2.95. The Balaban J connectivity index is 1.68. The van der Waals surface area contributed by atoms with Gasteiger partial charge in [-0.25, -0.2) is 0 Å². The second-order valence-corrected chi connectivity index (χ2v) is 4.99. The lowest BCUT2D eigenvalue weighted by Crippen LogP contribution is -2.34. The van der Waals surface area contributed by atoms with Crippen LogP contribution in [-0.2, 0) is 4.74 Å². The quantitative estimate of drug-likeness (QED) is 0.840. The molecule has 0 unspecified atom stereocenters. The fourth-order valence-electron chi connectivity index (χ4n) is 2.20. The van der Waals surface area contributed by atoms with Gasteiger partial charge >= 0.3 is 0 Å². The van der Waals surface area contributed by atoms with Crippen molar-refractivity contribution in [1.82, 2.24) is 5.32 Å². The molecule has 0 spiro atoms. The molecular formula is C15H23NO2. The zero-order chi connectivity index (χ0) is 12.8. The molecule has 0 bridgehead atoms. The van der Waals surface area contributed by atoms with E-state index in [2.05, 4.69) is 25.2 Å². The lowest BCUT2D eigenvalue weighted by molar-refractivity contribution is 0.106. The van der Waals surface area contributed by atoms with Crippen LogP contribution in [0.15, 0.2) is 24.3 Å². The van der Waals surface area contributed by atoms with Crippen molar-refractivity contribution in [3.8, 4) is 5.75 Å². The van der Waals surface area contributed by atoms with Gasteiger partial charge in [-0.3, -0.25) is 0 Å². The summed E-state index contributed by atoms with van der Waals surface area (Å²) in [5.41, 5.74) is 1.18. The maximum atomic E-state index is 5.91. The van der Waals surface area contributed by atoms with E-state index in [0.717, 1.165) is 25.4 Å². The molecule has 1 saturated heterocycles. The molecule has 1 aliphatic rings. The lowest BCUT2D eigenvalue weighted by atomic mass is 10.2. The molecule has 0 radical (unpaired) electrons. The van der Waals surface area contributed by atoms with Crippen molar-refractivity contribution in [3.05, 3.63) is 29.8 Å². The van der Waals surface area contributed by atoms with Gasteiger partial charge in [0, 0.05) is 19.7 Å². The highest BCUT2D eigenvalue weighted by Gasteiger charge is 2.15. The highest BCUT2D eigenvalue weighted by molar-refractivity contribution is 5.31. The summed E-state index contributed by atoms with van der Waals surface area (Å²) >= 11 is 0. The SMILES string of the molecule is Cc1ccccc1O[C@H](C)CNC[C@@H]1CCCO1. The van der Waals surface area contributed by atoms with Crippen molar-refractivity contribution in [2.24, 2.45) is 0 Å². The molecule has 1 aromatic carbocycles. The molecule has 2 atom stereocenters. The molecule has 0 saturated carbocycles. The van der Waals surface area contributed by atoms with Gasteiger partial charge in [0.1, 0.15) is 11.9 Å². The summed E-state index contributed by atoms with van der Waals surface area (Å²) in [7, 11) is 0. The molecular weight excluding hydrogens is 226 g/mol. The first kappa shape index (κ1) is 13.4. The molecule has 3 nitrogen and oxygen atoms in total. The summed E-state index contributed by atoms with van der Waals surface area (Å²) in [6.45, 7) is 6.87. The second-order valence-electron chi connectivity index (χ2n) is 4.99. The summed E-state index contributed by atoms with van der Waals surface area (Å²) in [6, 6.07) is 8.13. The van der Waals surface area contributed by atoms with Gasteiger partial charge in [-0.2, -0.15) is 0 Å². The van der Waals surface area contributed by atoms with Crippen molar-refractivity contribution in [2.75, 3.05) is 19.7 Å². The molecule has 3 heteroatoms. The van der Waals surface area contributed by atoms with Crippen molar-refractivity contribution in [3.63, 3.8) is 0 Å². The first-order valence-corrected chi connectivity index (χ1v) is 6.80.